The van der Waals surface area contributed by atoms with Gasteiger partial charge in [-0.15, -0.1) is 0 Å². The van der Waals surface area contributed by atoms with Gasteiger partial charge in [-0.2, -0.15) is 0 Å². The number of rotatable bonds is 2. The molecule has 0 spiro atoms. The van der Waals surface area contributed by atoms with Gasteiger partial charge in [0, 0.05) is 50.9 Å². The lowest BCUT2D eigenvalue weighted by molar-refractivity contribution is 0.542. The second-order valence-electron chi connectivity index (χ2n) is 13.2. The molecule has 0 amide bonds. The van der Waals surface area contributed by atoms with Crippen LogP contribution in [-0.2, 0) is 12.8 Å². The van der Waals surface area contributed by atoms with E-state index >= 15 is 0 Å². The summed E-state index contributed by atoms with van der Waals surface area (Å²) in [6, 6.07) is 11.6. The van der Waals surface area contributed by atoms with Crippen molar-refractivity contribution in [1.82, 2.24) is 0 Å². The van der Waals surface area contributed by atoms with Crippen LogP contribution in [0, 0.1) is 17.8 Å². The van der Waals surface area contributed by atoms with Gasteiger partial charge < -0.3 is 19.5 Å². The van der Waals surface area contributed by atoms with Crippen molar-refractivity contribution in [3.05, 3.63) is 112 Å². The molecule has 1 aliphatic heterocycles. The van der Waals surface area contributed by atoms with Crippen LogP contribution in [0.1, 0.15) is 67.4 Å². The number of nitrogens with zero attached hydrogens (tertiary/aromatic N) is 1. The molecule has 4 aliphatic carbocycles. The highest BCUT2D eigenvalue weighted by atomic mass is 16.3. The van der Waals surface area contributed by atoms with Gasteiger partial charge in [0.15, 0.2) is 0 Å². The molecule has 3 heterocycles. The largest absolute Gasteiger partial charge is 0.460 e. The van der Waals surface area contributed by atoms with Crippen LogP contribution in [0.3, 0.4) is 0 Å². The van der Waals surface area contributed by atoms with Crippen molar-refractivity contribution < 1.29 is 8.83 Å². The number of anilines is 1. The second kappa shape index (κ2) is 9.03. The molecule has 214 valence electrons. The number of hydrogen-bond acceptors (Lipinski definition) is 4. The maximum atomic E-state index is 6.68. The number of hydrogen-bond donors (Lipinski definition) is 1. The smallest absolute Gasteiger partial charge is 0.144 e. The molecule has 0 saturated heterocycles. The van der Waals surface area contributed by atoms with Crippen molar-refractivity contribution in [3.63, 3.8) is 0 Å². The van der Waals surface area contributed by atoms with Crippen molar-refractivity contribution >= 4 is 50.9 Å². The molecule has 4 unspecified atom stereocenters. The zero-order valence-corrected chi connectivity index (χ0v) is 25.0. The van der Waals surface area contributed by atoms with Gasteiger partial charge in [0.05, 0.1) is 11.7 Å². The van der Waals surface area contributed by atoms with Gasteiger partial charge in [-0.3, -0.25) is 0 Å². The maximum Gasteiger partial charge on any atom is 0.144 e. The zero-order chi connectivity index (χ0) is 29.0. The molecule has 0 saturated carbocycles. The van der Waals surface area contributed by atoms with Crippen molar-refractivity contribution in [1.29, 1.82) is 0 Å². The van der Waals surface area contributed by atoms with E-state index in [2.05, 4.69) is 105 Å². The minimum Gasteiger partial charge on any atom is -0.460 e. The third-order valence-electron chi connectivity index (χ3n) is 10.4. The van der Waals surface area contributed by atoms with Crippen LogP contribution in [0.15, 0.2) is 87.0 Å². The lowest BCUT2D eigenvalue weighted by Gasteiger charge is -2.36. The van der Waals surface area contributed by atoms with E-state index in [9.17, 15) is 0 Å². The monoisotopic (exact) mass is 564 g/mol. The van der Waals surface area contributed by atoms with E-state index in [4.69, 9.17) is 14.6 Å². The summed E-state index contributed by atoms with van der Waals surface area (Å²) in [5, 5.41) is 2.41. The highest BCUT2D eigenvalue weighted by Gasteiger charge is 2.41. The minimum atomic E-state index is 0.227. The molecule has 43 heavy (non-hydrogen) atoms. The maximum absolute atomic E-state index is 6.68. The highest BCUT2D eigenvalue weighted by Crippen LogP contribution is 2.53. The number of nitrogens with two attached hydrogens (primary N) is 1. The first kappa shape index (κ1) is 25.1. The Morgan fingerprint density at radius 1 is 0.953 bits per heavy atom. The summed E-state index contributed by atoms with van der Waals surface area (Å²) in [5.41, 5.74) is 19.3. The molecular formula is C39H36N2O2. The fourth-order valence-corrected chi connectivity index (χ4v) is 7.90. The zero-order valence-electron chi connectivity index (χ0n) is 25.0. The Labute approximate surface area is 252 Å². The molecule has 0 fully saturated rings. The molecule has 0 bridgehead atoms. The second-order valence-corrected chi connectivity index (χ2v) is 13.2. The average molecular weight is 565 g/mol. The Kier molecular flexibility index (Phi) is 5.27. The molecule has 0 radical (unpaired) electrons. The van der Waals surface area contributed by atoms with Crippen molar-refractivity contribution in [2.45, 2.75) is 52.5 Å². The van der Waals surface area contributed by atoms with E-state index in [1.165, 1.54) is 44.6 Å². The Balaban J connectivity index is 1.22. The van der Waals surface area contributed by atoms with Gasteiger partial charge in [-0.1, -0.05) is 63.3 Å². The molecule has 2 N–H and O–H groups in total. The fraction of sp³-hybridized carbons (Fsp3) is 0.282. The van der Waals surface area contributed by atoms with Gasteiger partial charge >= 0.3 is 0 Å². The Morgan fingerprint density at radius 3 is 2.74 bits per heavy atom. The van der Waals surface area contributed by atoms with Gasteiger partial charge in [-0.05, 0) is 84.6 Å². The minimum absolute atomic E-state index is 0.227. The van der Waals surface area contributed by atoms with Crippen LogP contribution in [0.4, 0.5) is 5.69 Å². The molecule has 5 aliphatic rings. The topological polar surface area (TPSA) is 55.5 Å². The Morgan fingerprint density at radius 2 is 1.84 bits per heavy atom. The summed E-state index contributed by atoms with van der Waals surface area (Å²) in [6.45, 7) is 6.95. The summed E-state index contributed by atoms with van der Waals surface area (Å²) in [6.07, 6.45) is 22.1. The summed E-state index contributed by atoms with van der Waals surface area (Å²) in [5.74, 6) is 3.45. The van der Waals surface area contributed by atoms with E-state index < -0.39 is 0 Å². The number of benzene rings is 2. The number of fused-ring (bicyclic) bond motifs is 10. The van der Waals surface area contributed by atoms with Gasteiger partial charge in [0.1, 0.15) is 22.7 Å². The molecule has 4 heteroatoms. The first-order chi connectivity index (χ1) is 20.9. The number of aryl methyl sites for hydroxylation is 1. The summed E-state index contributed by atoms with van der Waals surface area (Å²) < 4.78 is 12.9. The van der Waals surface area contributed by atoms with E-state index in [1.807, 2.05) is 0 Å². The van der Waals surface area contributed by atoms with Gasteiger partial charge in [-0.25, -0.2) is 0 Å². The predicted octanol–water partition coefficient (Wildman–Crippen LogP) is 9.42. The first-order valence-corrected chi connectivity index (χ1v) is 15.8. The first-order valence-electron chi connectivity index (χ1n) is 15.8. The Bertz CT molecular complexity index is 2060. The van der Waals surface area contributed by atoms with E-state index in [1.54, 1.807) is 0 Å². The van der Waals surface area contributed by atoms with Crippen LogP contribution in [-0.4, -0.2) is 6.04 Å². The fourth-order valence-electron chi connectivity index (χ4n) is 7.90. The Hall–Kier alpha value is -4.44. The molecule has 4 aromatic rings. The molecule has 9 rings (SSSR count). The normalized spacial score (nSPS) is 25.6. The quantitative estimate of drug-likeness (QED) is 0.263. The molecule has 2 aromatic heterocycles. The van der Waals surface area contributed by atoms with Gasteiger partial charge in [0.2, 0.25) is 0 Å². The van der Waals surface area contributed by atoms with E-state index in [-0.39, 0.29) is 6.04 Å². The van der Waals surface area contributed by atoms with Crippen LogP contribution in [0.25, 0.3) is 45.2 Å². The lowest BCUT2D eigenvalue weighted by atomic mass is 9.83. The van der Waals surface area contributed by atoms with Crippen LogP contribution in [0.2, 0.25) is 0 Å². The SMILES string of the molecule is CC1C=Cc2oc3c4c(ccc3c2C1)N(C1=CC(C)C(C)C=C1c1ccc2oc3c(c2c1)C=C(N)CC3)C1CC=CC=C41. The number of furan rings is 2. The van der Waals surface area contributed by atoms with Crippen molar-refractivity contribution in [2.75, 3.05) is 4.90 Å². The van der Waals surface area contributed by atoms with E-state index in [0.717, 1.165) is 65.0 Å². The summed E-state index contributed by atoms with van der Waals surface area (Å²) >= 11 is 0. The van der Waals surface area contributed by atoms with Crippen LogP contribution >= 0.6 is 0 Å². The van der Waals surface area contributed by atoms with Crippen molar-refractivity contribution in [2.24, 2.45) is 23.5 Å². The average Bonchev–Trinajstić information content (AvgIpc) is 3.67. The van der Waals surface area contributed by atoms with Crippen molar-refractivity contribution in [3.8, 4) is 0 Å². The van der Waals surface area contributed by atoms with Crippen LogP contribution in [0.5, 0.6) is 0 Å². The molecule has 4 atom stereocenters. The molecular weight excluding hydrogens is 528 g/mol. The molecule has 2 aromatic carbocycles. The lowest BCUT2D eigenvalue weighted by Crippen LogP contribution is -2.33. The summed E-state index contributed by atoms with van der Waals surface area (Å²) in [7, 11) is 0. The predicted molar refractivity (Wildman–Crippen MR) is 177 cm³/mol. The number of allylic oxidation sites excluding steroid dienone is 7. The summed E-state index contributed by atoms with van der Waals surface area (Å²) in [4.78, 5) is 2.60. The third-order valence-corrected chi connectivity index (χ3v) is 10.4. The molecule has 4 nitrogen and oxygen atoms in total. The van der Waals surface area contributed by atoms with Crippen LogP contribution < -0.4 is 10.6 Å². The van der Waals surface area contributed by atoms with E-state index in [0.29, 0.717) is 17.8 Å². The highest BCUT2D eigenvalue weighted by molar-refractivity contribution is 6.06. The standard InChI is InChI=1S/C39H36N2O2/c1-21-8-13-37-29(16-21)26-11-12-33-38(39(26)43-37)27-6-4-5-7-32(27)41(33)34-18-23(3)22(2)17-28(34)24-9-14-35-30(19-24)31-20-25(40)10-15-36(31)42-35/h4-6,8-9,11-14,17-23,32H,7,10,15-16,40H2,1-3H3. The van der Waals surface area contributed by atoms with Gasteiger partial charge in [0.25, 0.3) is 0 Å². The third kappa shape index (κ3) is 3.62.